The van der Waals surface area contributed by atoms with Crippen LogP contribution in [-0.2, 0) is 16.0 Å². The molecule has 0 bridgehead atoms. The third kappa shape index (κ3) is 3.14. The lowest BCUT2D eigenvalue weighted by Gasteiger charge is -2.25. The van der Waals surface area contributed by atoms with Gasteiger partial charge in [-0.05, 0) is 62.8 Å². The Balaban J connectivity index is 2.08. The zero-order valence-electron chi connectivity index (χ0n) is 14.3. The summed E-state index contributed by atoms with van der Waals surface area (Å²) >= 11 is 0. The maximum atomic E-state index is 11.4. The Hall–Kier alpha value is -2.16. The summed E-state index contributed by atoms with van der Waals surface area (Å²) in [5.41, 5.74) is 8.02. The molecule has 0 fully saturated rings. The second kappa shape index (κ2) is 6.15. The fraction of sp³-hybridized carbons (Fsp3) is 0.400. The van der Waals surface area contributed by atoms with Crippen molar-refractivity contribution in [2.75, 3.05) is 0 Å². The van der Waals surface area contributed by atoms with Crippen molar-refractivity contribution in [1.82, 2.24) is 4.98 Å². The topological polar surface area (TPSA) is 39.2 Å². The Morgan fingerprint density at radius 1 is 1.17 bits per heavy atom. The number of carbonyl (C=O) groups is 1. The van der Waals surface area contributed by atoms with Gasteiger partial charge in [0.25, 0.3) is 0 Å². The lowest BCUT2D eigenvalue weighted by molar-refractivity contribution is -0.147. The molecule has 1 aromatic carbocycles. The molecule has 23 heavy (non-hydrogen) atoms. The highest BCUT2D eigenvalue weighted by Gasteiger charge is 2.25. The van der Waals surface area contributed by atoms with Crippen molar-refractivity contribution in [1.29, 1.82) is 0 Å². The van der Waals surface area contributed by atoms with Crippen LogP contribution >= 0.6 is 0 Å². The number of carbonyl (C=O) groups excluding carboxylic acids is 1. The fourth-order valence-electron chi connectivity index (χ4n) is 3.65. The molecule has 0 N–H and O–H groups in total. The minimum absolute atomic E-state index is 0.206. The number of rotatable bonds is 2. The number of esters is 1. The molecular weight excluding hydrogens is 286 g/mol. The van der Waals surface area contributed by atoms with Gasteiger partial charge in [-0.25, -0.2) is 4.98 Å². The SMILES string of the molecule is CC(=O)OC1CCCc2ccc(-c3c(C)cc(C)cc3C)nc21. The molecule has 1 unspecified atom stereocenters. The van der Waals surface area contributed by atoms with E-state index in [-0.39, 0.29) is 12.1 Å². The molecular formula is C20H23NO2. The van der Waals surface area contributed by atoms with Gasteiger partial charge in [0.2, 0.25) is 0 Å². The van der Waals surface area contributed by atoms with Crippen LogP contribution in [0.3, 0.4) is 0 Å². The first-order valence-electron chi connectivity index (χ1n) is 8.21. The Kier molecular flexibility index (Phi) is 4.20. The molecule has 1 heterocycles. The van der Waals surface area contributed by atoms with Gasteiger partial charge in [0.05, 0.1) is 11.4 Å². The second-order valence-electron chi connectivity index (χ2n) is 6.50. The number of fused-ring (bicyclic) bond motifs is 1. The number of benzene rings is 1. The molecule has 2 aromatic rings. The van der Waals surface area contributed by atoms with Crippen LogP contribution in [0.2, 0.25) is 0 Å². The number of hydrogen-bond acceptors (Lipinski definition) is 3. The molecule has 3 nitrogen and oxygen atoms in total. The highest BCUT2D eigenvalue weighted by atomic mass is 16.5. The Labute approximate surface area is 137 Å². The summed E-state index contributed by atoms with van der Waals surface area (Å²) in [6.07, 6.45) is 2.69. The normalized spacial score (nSPS) is 16.8. The maximum Gasteiger partial charge on any atom is 0.303 e. The third-order valence-electron chi connectivity index (χ3n) is 4.47. The number of aryl methyl sites for hydroxylation is 4. The minimum Gasteiger partial charge on any atom is -0.456 e. The summed E-state index contributed by atoms with van der Waals surface area (Å²) in [4.78, 5) is 16.3. The van der Waals surface area contributed by atoms with E-state index in [9.17, 15) is 4.79 Å². The minimum atomic E-state index is -0.238. The van der Waals surface area contributed by atoms with E-state index >= 15 is 0 Å². The molecule has 0 saturated heterocycles. The lowest BCUT2D eigenvalue weighted by atomic mass is 9.91. The Morgan fingerprint density at radius 2 is 1.87 bits per heavy atom. The van der Waals surface area contributed by atoms with Crippen LogP contribution in [-0.4, -0.2) is 11.0 Å². The van der Waals surface area contributed by atoms with Gasteiger partial charge in [-0.2, -0.15) is 0 Å². The zero-order valence-corrected chi connectivity index (χ0v) is 14.3. The van der Waals surface area contributed by atoms with Crippen molar-refractivity contribution in [3.8, 4) is 11.3 Å². The highest BCUT2D eigenvalue weighted by Crippen LogP contribution is 2.34. The molecule has 0 amide bonds. The molecule has 1 aromatic heterocycles. The summed E-state index contributed by atoms with van der Waals surface area (Å²) in [6, 6.07) is 8.62. The largest absolute Gasteiger partial charge is 0.456 e. The summed E-state index contributed by atoms with van der Waals surface area (Å²) in [6.45, 7) is 7.83. The first-order valence-corrected chi connectivity index (χ1v) is 8.21. The van der Waals surface area contributed by atoms with Crippen molar-refractivity contribution >= 4 is 5.97 Å². The average molecular weight is 309 g/mol. The van der Waals surface area contributed by atoms with E-state index in [1.165, 1.54) is 34.7 Å². The van der Waals surface area contributed by atoms with E-state index in [1.54, 1.807) is 0 Å². The van der Waals surface area contributed by atoms with E-state index in [2.05, 4.69) is 45.0 Å². The van der Waals surface area contributed by atoms with Crippen molar-refractivity contribution in [2.45, 2.75) is 53.1 Å². The molecule has 1 aliphatic carbocycles. The fourth-order valence-corrected chi connectivity index (χ4v) is 3.65. The number of nitrogens with zero attached hydrogens (tertiary/aromatic N) is 1. The van der Waals surface area contributed by atoms with Gasteiger partial charge in [0.1, 0.15) is 6.10 Å². The summed E-state index contributed by atoms with van der Waals surface area (Å²) < 4.78 is 5.49. The number of aromatic nitrogens is 1. The van der Waals surface area contributed by atoms with E-state index in [1.807, 2.05) is 0 Å². The van der Waals surface area contributed by atoms with E-state index in [0.717, 1.165) is 30.7 Å². The van der Waals surface area contributed by atoms with Crippen LogP contribution < -0.4 is 0 Å². The molecule has 3 rings (SSSR count). The summed E-state index contributed by atoms with van der Waals surface area (Å²) in [5, 5.41) is 0. The van der Waals surface area contributed by atoms with Crippen LogP contribution in [0.25, 0.3) is 11.3 Å². The van der Waals surface area contributed by atoms with Gasteiger partial charge in [0, 0.05) is 12.5 Å². The summed E-state index contributed by atoms with van der Waals surface area (Å²) in [5.74, 6) is -0.238. The van der Waals surface area contributed by atoms with Crippen LogP contribution in [0.1, 0.15) is 53.8 Å². The molecule has 1 atom stereocenters. The smallest absolute Gasteiger partial charge is 0.303 e. The van der Waals surface area contributed by atoms with E-state index in [4.69, 9.17) is 9.72 Å². The quantitative estimate of drug-likeness (QED) is 0.760. The number of hydrogen-bond donors (Lipinski definition) is 0. The standard InChI is InChI=1S/C20H23NO2/c1-12-10-13(2)19(14(3)11-12)17-9-8-16-6-5-7-18(20(16)21-17)23-15(4)22/h8-11,18H,5-7H2,1-4H3. The second-order valence-corrected chi connectivity index (χ2v) is 6.50. The number of ether oxygens (including phenoxy) is 1. The maximum absolute atomic E-state index is 11.4. The molecule has 120 valence electrons. The van der Waals surface area contributed by atoms with Gasteiger partial charge in [-0.3, -0.25) is 4.79 Å². The van der Waals surface area contributed by atoms with Crippen LogP contribution in [0, 0.1) is 20.8 Å². The van der Waals surface area contributed by atoms with Crippen molar-refractivity contribution in [2.24, 2.45) is 0 Å². The Bertz CT molecular complexity index is 741. The van der Waals surface area contributed by atoms with Gasteiger partial charge in [-0.15, -0.1) is 0 Å². The van der Waals surface area contributed by atoms with Crippen LogP contribution in [0.5, 0.6) is 0 Å². The summed E-state index contributed by atoms with van der Waals surface area (Å²) in [7, 11) is 0. The lowest BCUT2D eigenvalue weighted by Crippen LogP contribution is -2.17. The monoisotopic (exact) mass is 309 g/mol. The molecule has 0 saturated carbocycles. The molecule has 0 aliphatic heterocycles. The first kappa shape index (κ1) is 15.7. The predicted molar refractivity (Wildman–Crippen MR) is 91.3 cm³/mol. The van der Waals surface area contributed by atoms with Gasteiger partial charge in [-0.1, -0.05) is 23.8 Å². The van der Waals surface area contributed by atoms with E-state index < -0.39 is 0 Å². The third-order valence-corrected chi connectivity index (χ3v) is 4.47. The van der Waals surface area contributed by atoms with Crippen molar-refractivity contribution in [3.63, 3.8) is 0 Å². The van der Waals surface area contributed by atoms with Gasteiger partial charge in [0.15, 0.2) is 0 Å². The number of pyridine rings is 1. The van der Waals surface area contributed by atoms with E-state index in [0.29, 0.717) is 0 Å². The van der Waals surface area contributed by atoms with Crippen molar-refractivity contribution in [3.05, 3.63) is 52.2 Å². The van der Waals surface area contributed by atoms with Crippen LogP contribution in [0.15, 0.2) is 24.3 Å². The predicted octanol–water partition coefficient (Wildman–Crippen LogP) is 4.61. The Morgan fingerprint density at radius 3 is 2.52 bits per heavy atom. The zero-order chi connectivity index (χ0) is 16.6. The van der Waals surface area contributed by atoms with Crippen molar-refractivity contribution < 1.29 is 9.53 Å². The molecule has 0 spiro atoms. The van der Waals surface area contributed by atoms with Crippen LogP contribution in [0.4, 0.5) is 0 Å². The van der Waals surface area contributed by atoms with Gasteiger partial charge >= 0.3 is 5.97 Å². The molecule has 1 aliphatic rings. The molecule has 0 radical (unpaired) electrons. The van der Waals surface area contributed by atoms with Gasteiger partial charge < -0.3 is 4.74 Å². The highest BCUT2D eigenvalue weighted by molar-refractivity contribution is 5.69. The average Bonchev–Trinajstić information content (AvgIpc) is 2.46. The molecule has 3 heteroatoms. The first-order chi connectivity index (χ1) is 11.0.